The average molecular weight is 248 g/mol. The Balaban J connectivity index is 2.49. The second-order valence-electron chi connectivity index (χ2n) is 4.77. The quantitative estimate of drug-likeness (QED) is 0.736. The molecule has 16 heavy (non-hydrogen) atoms. The Morgan fingerprint density at radius 3 is 2.56 bits per heavy atom. The number of piperidine rings is 1. The molecule has 0 radical (unpaired) electrons. The van der Waals surface area contributed by atoms with Crippen molar-refractivity contribution in [2.75, 3.05) is 31.9 Å². The summed E-state index contributed by atoms with van der Waals surface area (Å²) >= 11 is 0. The smallest absolute Gasteiger partial charge is 0.215 e. The number of sulfonamides is 1. The monoisotopic (exact) mass is 248 g/mol. The molecule has 0 spiro atoms. The SMILES string of the molecule is CCNCCS(=O)(=O)N1CCC(C)C(C)C1. The fourth-order valence-electron chi connectivity index (χ4n) is 1.98. The van der Waals surface area contributed by atoms with Gasteiger partial charge in [-0.05, 0) is 24.8 Å². The van der Waals surface area contributed by atoms with Gasteiger partial charge < -0.3 is 5.32 Å². The van der Waals surface area contributed by atoms with E-state index in [1.807, 2.05) is 6.92 Å². The zero-order chi connectivity index (χ0) is 12.2. The number of rotatable bonds is 5. The molecule has 1 fully saturated rings. The Labute approximate surface area is 99.5 Å². The molecule has 2 unspecified atom stereocenters. The number of hydrogen-bond donors (Lipinski definition) is 1. The van der Waals surface area contributed by atoms with Gasteiger partial charge >= 0.3 is 0 Å². The van der Waals surface area contributed by atoms with Crippen LogP contribution >= 0.6 is 0 Å². The third kappa shape index (κ3) is 3.71. The first-order valence-electron chi connectivity index (χ1n) is 6.16. The summed E-state index contributed by atoms with van der Waals surface area (Å²) in [5, 5.41) is 3.06. The van der Waals surface area contributed by atoms with Gasteiger partial charge in [0.1, 0.15) is 0 Å². The van der Waals surface area contributed by atoms with Crippen molar-refractivity contribution < 1.29 is 8.42 Å². The Kier molecular flexibility index (Phi) is 5.21. The van der Waals surface area contributed by atoms with Gasteiger partial charge in [0, 0.05) is 19.6 Å². The van der Waals surface area contributed by atoms with E-state index in [1.54, 1.807) is 4.31 Å². The van der Waals surface area contributed by atoms with Crippen LogP contribution in [-0.4, -0.2) is 44.7 Å². The van der Waals surface area contributed by atoms with Crippen LogP contribution in [0.1, 0.15) is 27.2 Å². The highest BCUT2D eigenvalue weighted by atomic mass is 32.2. The molecule has 5 heteroatoms. The lowest BCUT2D eigenvalue weighted by atomic mass is 9.90. The molecule has 1 heterocycles. The first-order valence-corrected chi connectivity index (χ1v) is 7.76. The molecule has 4 nitrogen and oxygen atoms in total. The Morgan fingerprint density at radius 1 is 1.31 bits per heavy atom. The minimum atomic E-state index is -3.04. The van der Waals surface area contributed by atoms with E-state index in [9.17, 15) is 8.42 Å². The second kappa shape index (κ2) is 5.98. The van der Waals surface area contributed by atoms with Crippen molar-refractivity contribution in [3.63, 3.8) is 0 Å². The normalized spacial score (nSPS) is 28.2. The van der Waals surface area contributed by atoms with Crippen molar-refractivity contribution in [2.24, 2.45) is 11.8 Å². The van der Waals surface area contributed by atoms with E-state index in [-0.39, 0.29) is 5.75 Å². The van der Waals surface area contributed by atoms with E-state index in [0.29, 0.717) is 31.5 Å². The molecule has 0 aliphatic carbocycles. The van der Waals surface area contributed by atoms with Gasteiger partial charge in [-0.1, -0.05) is 20.8 Å². The van der Waals surface area contributed by atoms with Gasteiger partial charge in [0.2, 0.25) is 10.0 Å². The fourth-order valence-corrected chi connectivity index (χ4v) is 3.49. The van der Waals surface area contributed by atoms with Gasteiger partial charge in [-0.25, -0.2) is 12.7 Å². The molecular weight excluding hydrogens is 224 g/mol. The Hall–Kier alpha value is -0.130. The molecule has 0 saturated carbocycles. The highest BCUT2D eigenvalue weighted by Gasteiger charge is 2.29. The van der Waals surface area contributed by atoms with E-state index >= 15 is 0 Å². The zero-order valence-electron chi connectivity index (χ0n) is 10.6. The zero-order valence-corrected chi connectivity index (χ0v) is 11.4. The van der Waals surface area contributed by atoms with E-state index < -0.39 is 10.0 Å². The highest BCUT2D eigenvalue weighted by molar-refractivity contribution is 7.89. The maximum atomic E-state index is 12.0. The van der Waals surface area contributed by atoms with Crippen LogP contribution in [0.4, 0.5) is 0 Å². The summed E-state index contributed by atoms with van der Waals surface area (Å²) in [5.41, 5.74) is 0. The Bertz CT molecular complexity index is 303. The third-order valence-corrected chi connectivity index (χ3v) is 5.32. The lowest BCUT2D eigenvalue weighted by molar-refractivity contribution is 0.212. The summed E-state index contributed by atoms with van der Waals surface area (Å²) in [6.07, 6.45) is 0.988. The second-order valence-corrected chi connectivity index (χ2v) is 6.86. The topological polar surface area (TPSA) is 49.4 Å². The molecule has 0 aromatic heterocycles. The molecule has 0 aromatic rings. The van der Waals surface area contributed by atoms with E-state index in [2.05, 4.69) is 19.2 Å². The predicted octanol–water partition coefficient (Wildman–Crippen LogP) is 0.904. The Morgan fingerprint density at radius 2 is 2.00 bits per heavy atom. The predicted molar refractivity (Wildman–Crippen MR) is 66.8 cm³/mol. The molecule has 1 saturated heterocycles. The van der Waals surface area contributed by atoms with E-state index in [1.165, 1.54) is 0 Å². The van der Waals surface area contributed by atoms with E-state index in [0.717, 1.165) is 13.0 Å². The maximum absolute atomic E-state index is 12.0. The van der Waals surface area contributed by atoms with Gasteiger partial charge in [0.25, 0.3) is 0 Å². The summed E-state index contributed by atoms with van der Waals surface area (Å²) in [6, 6.07) is 0. The van der Waals surface area contributed by atoms with Crippen molar-refractivity contribution in [1.82, 2.24) is 9.62 Å². The summed E-state index contributed by atoms with van der Waals surface area (Å²) in [7, 11) is -3.04. The molecule has 1 N–H and O–H groups in total. The van der Waals surface area contributed by atoms with Crippen molar-refractivity contribution in [1.29, 1.82) is 0 Å². The number of hydrogen-bond acceptors (Lipinski definition) is 3. The van der Waals surface area contributed by atoms with Crippen molar-refractivity contribution in [3.05, 3.63) is 0 Å². The lowest BCUT2D eigenvalue weighted by Crippen LogP contribution is -2.44. The minimum Gasteiger partial charge on any atom is -0.316 e. The largest absolute Gasteiger partial charge is 0.316 e. The van der Waals surface area contributed by atoms with Crippen LogP contribution in [0.5, 0.6) is 0 Å². The van der Waals surface area contributed by atoms with Crippen molar-refractivity contribution in [2.45, 2.75) is 27.2 Å². The molecular formula is C11H24N2O2S. The summed E-state index contributed by atoms with van der Waals surface area (Å²) in [5.74, 6) is 1.34. The fraction of sp³-hybridized carbons (Fsp3) is 1.00. The van der Waals surface area contributed by atoms with E-state index in [4.69, 9.17) is 0 Å². The molecule has 2 atom stereocenters. The molecule has 0 aromatic carbocycles. The van der Waals surface area contributed by atoms with Crippen LogP contribution in [0.15, 0.2) is 0 Å². The number of nitrogens with one attached hydrogen (secondary N) is 1. The van der Waals surface area contributed by atoms with Crippen LogP contribution < -0.4 is 5.32 Å². The van der Waals surface area contributed by atoms with Crippen LogP contribution in [0.2, 0.25) is 0 Å². The molecule has 0 bridgehead atoms. The average Bonchev–Trinajstić information content (AvgIpc) is 2.22. The lowest BCUT2D eigenvalue weighted by Gasteiger charge is -2.34. The van der Waals surface area contributed by atoms with Gasteiger partial charge in [-0.2, -0.15) is 0 Å². The molecule has 1 aliphatic rings. The van der Waals surface area contributed by atoms with Crippen LogP contribution in [0.3, 0.4) is 0 Å². The summed E-state index contributed by atoms with van der Waals surface area (Å²) in [4.78, 5) is 0. The minimum absolute atomic E-state index is 0.224. The first-order chi connectivity index (χ1) is 7.47. The number of nitrogens with zero attached hydrogens (tertiary/aromatic N) is 1. The summed E-state index contributed by atoms with van der Waals surface area (Å²) in [6.45, 7) is 9.08. The summed E-state index contributed by atoms with van der Waals surface area (Å²) < 4.78 is 25.7. The van der Waals surface area contributed by atoms with Crippen LogP contribution in [0.25, 0.3) is 0 Å². The molecule has 1 rings (SSSR count). The van der Waals surface area contributed by atoms with Crippen LogP contribution in [-0.2, 0) is 10.0 Å². The van der Waals surface area contributed by atoms with Gasteiger partial charge in [0.15, 0.2) is 0 Å². The van der Waals surface area contributed by atoms with Crippen molar-refractivity contribution in [3.8, 4) is 0 Å². The molecule has 96 valence electrons. The highest BCUT2D eigenvalue weighted by Crippen LogP contribution is 2.24. The van der Waals surface area contributed by atoms with Crippen LogP contribution in [0, 0.1) is 11.8 Å². The molecule has 0 amide bonds. The third-order valence-electron chi connectivity index (χ3n) is 3.48. The van der Waals surface area contributed by atoms with Gasteiger partial charge in [0.05, 0.1) is 5.75 Å². The van der Waals surface area contributed by atoms with Gasteiger partial charge in [-0.3, -0.25) is 0 Å². The van der Waals surface area contributed by atoms with Crippen molar-refractivity contribution >= 4 is 10.0 Å². The van der Waals surface area contributed by atoms with Gasteiger partial charge in [-0.15, -0.1) is 0 Å². The standard InChI is InChI=1S/C11H24N2O2S/c1-4-12-6-8-16(14,15)13-7-5-10(2)11(3)9-13/h10-12H,4-9H2,1-3H3. The maximum Gasteiger partial charge on any atom is 0.215 e. The molecule has 1 aliphatic heterocycles. The first kappa shape index (κ1) is 13.9.